The molecule has 0 fully saturated rings. The van der Waals surface area contributed by atoms with Crippen LogP contribution in [0.3, 0.4) is 0 Å². The zero-order valence-corrected chi connectivity index (χ0v) is 12.6. The molecular formula is C17H23N3O. The van der Waals surface area contributed by atoms with Gasteiger partial charge in [-0.2, -0.15) is 0 Å². The number of benzene rings is 1. The van der Waals surface area contributed by atoms with Crippen LogP contribution in [-0.4, -0.2) is 11.1 Å². The molecule has 0 aliphatic carbocycles. The van der Waals surface area contributed by atoms with Gasteiger partial charge < -0.3 is 4.74 Å². The third kappa shape index (κ3) is 4.85. The van der Waals surface area contributed by atoms with Gasteiger partial charge in [0.05, 0.1) is 6.10 Å². The quantitative estimate of drug-likeness (QED) is 0.606. The normalized spacial score (nSPS) is 12.4. The molecule has 0 saturated carbocycles. The Balaban J connectivity index is 2.03. The van der Waals surface area contributed by atoms with Gasteiger partial charge in [0.1, 0.15) is 5.75 Å². The van der Waals surface area contributed by atoms with Crippen LogP contribution >= 0.6 is 0 Å². The fourth-order valence-electron chi connectivity index (χ4n) is 2.28. The van der Waals surface area contributed by atoms with E-state index in [4.69, 9.17) is 10.6 Å². The van der Waals surface area contributed by atoms with Crippen LogP contribution in [0.15, 0.2) is 48.8 Å². The molecule has 4 nitrogen and oxygen atoms in total. The highest BCUT2D eigenvalue weighted by Gasteiger charge is 2.11. The SMILES string of the molecule is CC(C)Oc1cccc(C(CCc2cccnc2)NN)c1. The minimum Gasteiger partial charge on any atom is -0.491 e. The summed E-state index contributed by atoms with van der Waals surface area (Å²) in [7, 11) is 0. The van der Waals surface area contributed by atoms with E-state index >= 15 is 0 Å². The third-order valence-corrected chi connectivity index (χ3v) is 3.28. The lowest BCUT2D eigenvalue weighted by atomic mass is 10.00. The summed E-state index contributed by atoms with van der Waals surface area (Å²) in [4.78, 5) is 4.14. The average molecular weight is 285 g/mol. The average Bonchev–Trinajstić information content (AvgIpc) is 2.49. The highest BCUT2D eigenvalue weighted by molar-refractivity contribution is 5.31. The standard InChI is InChI=1S/C17H23N3O/c1-13(2)21-16-7-3-6-15(11-16)17(20-18)9-8-14-5-4-10-19-12-14/h3-7,10-13,17,20H,8-9,18H2,1-2H3. The van der Waals surface area contributed by atoms with Gasteiger partial charge in [-0.25, -0.2) is 0 Å². The first kappa shape index (κ1) is 15.5. The maximum atomic E-state index is 5.73. The number of aromatic nitrogens is 1. The Hall–Kier alpha value is -1.91. The number of pyridine rings is 1. The second kappa shape index (κ2) is 7.76. The van der Waals surface area contributed by atoms with Crippen LogP contribution in [0.1, 0.15) is 37.4 Å². The Morgan fingerprint density at radius 3 is 2.76 bits per heavy atom. The smallest absolute Gasteiger partial charge is 0.120 e. The molecule has 1 aromatic carbocycles. The molecular weight excluding hydrogens is 262 g/mol. The largest absolute Gasteiger partial charge is 0.491 e. The highest BCUT2D eigenvalue weighted by Crippen LogP contribution is 2.23. The van der Waals surface area contributed by atoms with E-state index in [-0.39, 0.29) is 12.1 Å². The van der Waals surface area contributed by atoms with E-state index < -0.39 is 0 Å². The summed E-state index contributed by atoms with van der Waals surface area (Å²) >= 11 is 0. The molecule has 1 atom stereocenters. The number of nitrogens with one attached hydrogen (secondary N) is 1. The van der Waals surface area contributed by atoms with Crippen molar-refractivity contribution in [1.29, 1.82) is 0 Å². The highest BCUT2D eigenvalue weighted by atomic mass is 16.5. The van der Waals surface area contributed by atoms with Crippen LogP contribution in [0, 0.1) is 0 Å². The number of hydrazine groups is 1. The van der Waals surface area contributed by atoms with Crippen LogP contribution in [-0.2, 0) is 6.42 Å². The van der Waals surface area contributed by atoms with Crippen LogP contribution in [0.2, 0.25) is 0 Å². The molecule has 0 bridgehead atoms. The first-order valence-corrected chi connectivity index (χ1v) is 7.30. The first-order chi connectivity index (χ1) is 10.2. The van der Waals surface area contributed by atoms with Gasteiger partial charge in [-0.1, -0.05) is 18.2 Å². The summed E-state index contributed by atoms with van der Waals surface area (Å²) in [6, 6.07) is 12.2. The van der Waals surface area contributed by atoms with Crippen molar-refractivity contribution in [3.05, 3.63) is 59.9 Å². The van der Waals surface area contributed by atoms with Crippen LogP contribution in [0.25, 0.3) is 0 Å². The molecule has 0 amide bonds. The minimum atomic E-state index is 0.0981. The molecule has 0 radical (unpaired) electrons. The van der Waals surface area contributed by atoms with Crippen molar-refractivity contribution in [2.45, 2.75) is 38.8 Å². The zero-order valence-electron chi connectivity index (χ0n) is 12.6. The van der Waals surface area contributed by atoms with Crippen LogP contribution < -0.4 is 16.0 Å². The number of hydrogen-bond donors (Lipinski definition) is 2. The van der Waals surface area contributed by atoms with Crippen LogP contribution in [0.5, 0.6) is 5.75 Å². The van der Waals surface area contributed by atoms with Gasteiger partial charge in [-0.05, 0) is 56.0 Å². The number of nitrogens with two attached hydrogens (primary N) is 1. The maximum absolute atomic E-state index is 5.73. The lowest BCUT2D eigenvalue weighted by molar-refractivity contribution is 0.242. The number of ether oxygens (including phenoxy) is 1. The Bertz CT molecular complexity index is 543. The molecule has 1 aromatic heterocycles. The van der Waals surface area contributed by atoms with Gasteiger partial charge in [-0.15, -0.1) is 0 Å². The Labute approximate surface area is 126 Å². The van der Waals surface area contributed by atoms with Crippen molar-refractivity contribution >= 4 is 0 Å². The van der Waals surface area contributed by atoms with Crippen molar-refractivity contribution in [3.63, 3.8) is 0 Å². The van der Waals surface area contributed by atoms with Gasteiger partial charge >= 0.3 is 0 Å². The van der Waals surface area contributed by atoms with Gasteiger partial charge in [0.25, 0.3) is 0 Å². The molecule has 0 aliphatic rings. The number of hydrogen-bond acceptors (Lipinski definition) is 4. The van der Waals surface area contributed by atoms with E-state index in [1.165, 1.54) is 5.56 Å². The number of nitrogens with zero attached hydrogens (tertiary/aromatic N) is 1. The second-order valence-corrected chi connectivity index (χ2v) is 5.36. The molecule has 2 rings (SSSR count). The number of aryl methyl sites for hydroxylation is 1. The van der Waals surface area contributed by atoms with E-state index in [1.54, 1.807) is 6.20 Å². The molecule has 112 valence electrons. The Kier molecular flexibility index (Phi) is 5.72. The van der Waals surface area contributed by atoms with E-state index in [9.17, 15) is 0 Å². The molecule has 3 N–H and O–H groups in total. The molecule has 1 unspecified atom stereocenters. The lowest BCUT2D eigenvalue weighted by Gasteiger charge is -2.18. The van der Waals surface area contributed by atoms with E-state index in [0.717, 1.165) is 24.2 Å². The number of rotatable bonds is 7. The van der Waals surface area contributed by atoms with Crippen molar-refractivity contribution in [2.24, 2.45) is 5.84 Å². The third-order valence-electron chi connectivity index (χ3n) is 3.28. The molecule has 1 heterocycles. The van der Waals surface area contributed by atoms with Gasteiger partial charge in [0.2, 0.25) is 0 Å². The van der Waals surface area contributed by atoms with Crippen molar-refractivity contribution in [2.75, 3.05) is 0 Å². The summed E-state index contributed by atoms with van der Waals surface area (Å²) in [5.74, 6) is 6.59. The monoisotopic (exact) mass is 285 g/mol. The predicted molar refractivity (Wildman–Crippen MR) is 84.8 cm³/mol. The van der Waals surface area contributed by atoms with E-state index in [1.807, 2.05) is 44.3 Å². The maximum Gasteiger partial charge on any atom is 0.120 e. The van der Waals surface area contributed by atoms with Crippen molar-refractivity contribution in [3.8, 4) is 5.75 Å². The van der Waals surface area contributed by atoms with Gasteiger partial charge in [0, 0.05) is 18.4 Å². The fraction of sp³-hybridized carbons (Fsp3) is 0.353. The Morgan fingerprint density at radius 1 is 1.24 bits per heavy atom. The molecule has 0 spiro atoms. The summed E-state index contributed by atoms with van der Waals surface area (Å²) in [5, 5.41) is 0. The van der Waals surface area contributed by atoms with Crippen molar-refractivity contribution in [1.82, 2.24) is 10.4 Å². The van der Waals surface area contributed by atoms with Gasteiger partial charge in [0.15, 0.2) is 0 Å². The summed E-state index contributed by atoms with van der Waals surface area (Å²) in [6.07, 6.45) is 5.69. The van der Waals surface area contributed by atoms with Crippen LogP contribution in [0.4, 0.5) is 0 Å². The molecule has 4 heteroatoms. The lowest BCUT2D eigenvalue weighted by Crippen LogP contribution is -2.28. The summed E-state index contributed by atoms with van der Waals surface area (Å²) in [5.41, 5.74) is 5.25. The molecule has 0 saturated heterocycles. The molecule has 21 heavy (non-hydrogen) atoms. The molecule has 2 aromatic rings. The summed E-state index contributed by atoms with van der Waals surface area (Å²) < 4.78 is 5.73. The van der Waals surface area contributed by atoms with E-state index in [2.05, 4.69) is 22.5 Å². The van der Waals surface area contributed by atoms with Crippen molar-refractivity contribution < 1.29 is 4.74 Å². The minimum absolute atomic E-state index is 0.0981. The predicted octanol–water partition coefficient (Wildman–Crippen LogP) is 3.01. The molecule has 0 aliphatic heterocycles. The van der Waals surface area contributed by atoms with E-state index in [0.29, 0.717) is 0 Å². The Morgan fingerprint density at radius 2 is 2.10 bits per heavy atom. The topological polar surface area (TPSA) is 60.2 Å². The first-order valence-electron chi connectivity index (χ1n) is 7.30. The summed E-state index contributed by atoms with van der Waals surface area (Å²) in [6.45, 7) is 4.04. The second-order valence-electron chi connectivity index (χ2n) is 5.36. The fourth-order valence-corrected chi connectivity index (χ4v) is 2.28. The zero-order chi connectivity index (χ0) is 15.1. The van der Waals surface area contributed by atoms with Gasteiger partial charge in [-0.3, -0.25) is 16.3 Å².